The second kappa shape index (κ2) is 7.64. The van der Waals surface area contributed by atoms with E-state index in [1.54, 1.807) is 4.90 Å². The highest BCUT2D eigenvalue weighted by atomic mass is 16.6. The van der Waals surface area contributed by atoms with Crippen LogP contribution in [0, 0.1) is 22.0 Å². The Labute approximate surface area is 175 Å². The van der Waals surface area contributed by atoms with E-state index in [1.165, 1.54) is 11.6 Å². The van der Waals surface area contributed by atoms with E-state index >= 15 is 0 Å². The molecule has 2 unspecified atom stereocenters. The van der Waals surface area contributed by atoms with Gasteiger partial charge in [0.05, 0.1) is 7.05 Å². The smallest absolute Gasteiger partial charge is 0.343 e. The Morgan fingerprint density at radius 1 is 1.30 bits per heavy atom. The number of likely N-dealkylation sites (tertiary alicyclic amines) is 1. The molecule has 2 atom stereocenters. The van der Waals surface area contributed by atoms with Gasteiger partial charge in [-0.25, -0.2) is 9.55 Å². The van der Waals surface area contributed by atoms with Crippen molar-refractivity contribution in [3.63, 3.8) is 0 Å². The van der Waals surface area contributed by atoms with Gasteiger partial charge in [0.2, 0.25) is 5.91 Å². The van der Waals surface area contributed by atoms with Crippen molar-refractivity contribution >= 4 is 17.6 Å². The number of rotatable bonds is 6. The highest BCUT2D eigenvalue weighted by Crippen LogP contribution is 2.47. The van der Waals surface area contributed by atoms with E-state index in [0.29, 0.717) is 19.1 Å². The summed E-state index contributed by atoms with van der Waals surface area (Å²) in [5.41, 5.74) is -0.188. The SMILES string of the molecule is CN(C)C1CCCC(C(=O)NC2(C3CN(C(=O)c4ncc([N+](=O)[O-])n4C)C3)CC2)C1. The topological polar surface area (TPSA) is 114 Å². The quantitative estimate of drug-likeness (QED) is 0.548. The average Bonchev–Trinajstić information content (AvgIpc) is 3.31. The van der Waals surface area contributed by atoms with E-state index in [4.69, 9.17) is 0 Å². The molecule has 30 heavy (non-hydrogen) atoms. The van der Waals surface area contributed by atoms with Gasteiger partial charge in [0, 0.05) is 36.5 Å². The monoisotopic (exact) mass is 418 g/mol. The van der Waals surface area contributed by atoms with Gasteiger partial charge in [-0.2, -0.15) is 0 Å². The first-order chi connectivity index (χ1) is 14.2. The van der Waals surface area contributed by atoms with Gasteiger partial charge in [-0.1, -0.05) is 6.42 Å². The highest BCUT2D eigenvalue weighted by Gasteiger charge is 2.56. The molecule has 0 bridgehead atoms. The molecule has 0 aromatic carbocycles. The summed E-state index contributed by atoms with van der Waals surface area (Å²) in [6, 6.07) is 0.461. The van der Waals surface area contributed by atoms with Crippen molar-refractivity contribution in [2.24, 2.45) is 18.9 Å². The van der Waals surface area contributed by atoms with Crippen LogP contribution >= 0.6 is 0 Å². The van der Waals surface area contributed by atoms with Gasteiger partial charge in [-0.15, -0.1) is 0 Å². The summed E-state index contributed by atoms with van der Waals surface area (Å²) in [7, 11) is 5.62. The Morgan fingerprint density at radius 3 is 2.57 bits per heavy atom. The van der Waals surface area contributed by atoms with Crippen LogP contribution in [0.25, 0.3) is 0 Å². The third-order valence-corrected chi connectivity index (χ3v) is 7.20. The maximum atomic E-state index is 12.9. The minimum Gasteiger partial charge on any atom is -0.358 e. The molecule has 3 aliphatic rings. The lowest BCUT2D eigenvalue weighted by atomic mass is 9.83. The summed E-state index contributed by atoms with van der Waals surface area (Å²) in [5.74, 6) is 0.0212. The van der Waals surface area contributed by atoms with Crippen molar-refractivity contribution in [2.75, 3.05) is 27.2 Å². The molecule has 1 saturated heterocycles. The first-order valence-electron chi connectivity index (χ1n) is 10.7. The van der Waals surface area contributed by atoms with E-state index in [2.05, 4.69) is 29.3 Å². The molecule has 3 fully saturated rings. The Bertz CT molecular complexity index is 855. The molecule has 1 N–H and O–H groups in total. The van der Waals surface area contributed by atoms with Crippen LogP contribution < -0.4 is 5.32 Å². The lowest BCUT2D eigenvalue weighted by Crippen LogP contribution is -2.60. The Kier molecular flexibility index (Phi) is 5.29. The highest BCUT2D eigenvalue weighted by molar-refractivity contribution is 5.92. The number of aromatic nitrogens is 2. The lowest BCUT2D eigenvalue weighted by Gasteiger charge is -2.44. The number of carbonyl (C=O) groups is 2. The number of imidazole rings is 1. The zero-order chi connectivity index (χ0) is 21.6. The molecule has 1 aliphatic heterocycles. The van der Waals surface area contributed by atoms with E-state index in [1.807, 2.05) is 0 Å². The van der Waals surface area contributed by atoms with E-state index < -0.39 is 4.92 Å². The molecule has 4 rings (SSSR count). The van der Waals surface area contributed by atoms with Crippen molar-refractivity contribution in [3.8, 4) is 0 Å². The summed E-state index contributed by atoms with van der Waals surface area (Å²) in [6.07, 6.45) is 7.08. The molecule has 2 aliphatic carbocycles. The third-order valence-electron chi connectivity index (χ3n) is 7.20. The van der Waals surface area contributed by atoms with Crippen LogP contribution in [0.3, 0.4) is 0 Å². The van der Waals surface area contributed by atoms with Crippen LogP contribution in [0.4, 0.5) is 5.82 Å². The predicted molar refractivity (Wildman–Crippen MR) is 109 cm³/mol. The van der Waals surface area contributed by atoms with Gasteiger partial charge < -0.3 is 25.2 Å². The van der Waals surface area contributed by atoms with Crippen molar-refractivity contribution in [2.45, 2.75) is 50.1 Å². The minimum atomic E-state index is -0.552. The third kappa shape index (κ3) is 3.68. The molecule has 10 nitrogen and oxygen atoms in total. The van der Waals surface area contributed by atoms with Crippen LogP contribution in [0.15, 0.2) is 6.20 Å². The zero-order valence-corrected chi connectivity index (χ0v) is 17.8. The fourth-order valence-electron chi connectivity index (χ4n) is 4.89. The molecule has 2 saturated carbocycles. The summed E-state index contributed by atoms with van der Waals surface area (Å²) in [5, 5.41) is 14.3. The molecule has 0 spiro atoms. The molecule has 2 heterocycles. The lowest BCUT2D eigenvalue weighted by molar-refractivity contribution is -0.391. The summed E-state index contributed by atoms with van der Waals surface area (Å²) >= 11 is 0. The van der Waals surface area contributed by atoms with Gasteiger partial charge in [0.15, 0.2) is 0 Å². The first kappa shape index (κ1) is 20.8. The van der Waals surface area contributed by atoms with Gasteiger partial charge in [-0.3, -0.25) is 9.59 Å². The number of amides is 2. The van der Waals surface area contributed by atoms with Gasteiger partial charge in [0.25, 0.3) is 5.82 Å². The van der Waals surface area contributed by atoms with Crippen molar-refractivity contribution in [3.05, 3.63) is 22.1 Å². The average molecular weight is 418 g/mol. The zero-order valence-electron chi connectivity index (χ0n) is 17.8. The molecule has 2 amide bonds. The van der Waals surface area contributed by atoms with Crippen LogP contribution in [-0.4, -0.2) is 74.9 Å². The largest absolute Gasteiger partial charge is 0.358 e. The second-order valence-corrected chi connectivity index (χ2v) is 9.29. The minimum absolute atomic E-state index is 0.0644. The number of hydrogen-bond acceptors (Lipinski definition) is 6. The van der Waals surface area contributed by atoms with Crippen molar-refractivity contribution in [1.82, 2.24) is 24.7 Å². The number of nitrogens with one attached hydrogen (secondary N) is 1. The Hall–Kier alpha value is -2.49. The van der Waals surface area contributed by atoms with Crippen LogP contribution in [0.5, 0.6) is 0 Å². The molecule has 0 radical (unpaired) electrons. The fraction of sp³-hybridized carbons (Fsp3) is 0.750. The molecular weight excluding hydrogens is 388 g/mol. The Morgan fingerprint density at radius 2 is 2.00 bits per heavy atom. The molecule has 164 valence electrons. The summed E-state index contributed by atoms with van der Waals surface area (Å²) in [4.78, 5) is 43.8. The molecule has 1 aromatic heterocycles. The van der Waals surface area contributed by atoms with Gasteiger partial charge in [-0.05, 0) is 51.1 Å². The molecule has 1 aromatic rings. The van der Waals surface area contributed by atoms with E-state index in [-0.39, 0.29) is 40.8 Å². The number of nitrogens with zero attached hydrogens (tertiary/aromatic N) is 5. The van der Waals surface area contributed by atoms with Crippen LogP contribution in [0.1, 0.15) is 49.1 Å². The van der Waals surface area contributed by atoms with Crippen molar-refractivity contribution < 1.29 is 14.5 Å². The number of nitro groups is 1. The van der Waals surface area contributed by atoms with Gasteiger partial charge >= 0.3 is 11.7 Å². The number of carbonyl (C=O) groups excluding carboxylic acids is 2. The standard InChI is InChI=1S/C20H30N6O4/c1-23(2)15-6-4-5-13(9-15)18(27)22-20(7-8-20)14-11-25(12-14)19(28)17-21-10-16(24(17)3)26(29)30/h10,13-15H,4-9,11-12H2,1-3H3,(H,22,27). The van der Waals surface area contributed by atoms with E-state index in [0.717, 1.165) is 44.7 Å². The van der Waals surface area contributed by atoms with Crippen molar-refractivity contribution in [1.29, 1.82) is 0 Å². The fourth-order valence-corrected chi connectivity index (χ4v) is 4.89. The second-order valence-electron chi connectivity index (χ2n) is 9.29. The molecule has 10 heteroatoms. The predicted octanol–water partition coefficient (Wildman–Crippen LogP) is 1.17. The summed E-state index contributed by atoms with van der Waals surface area (Å²) < 4.78 is 1.22. The summed E-state index contributed by atoms with van der Waals surface area (Å²) in [6.45, 7) is 1.09. The number of hydrogen-bond donors (Lipinski definition) is 1. The maximum absolute atomic E-state index is 12.9. The Balaban J connectivity index is 1.33. The van der Waals surface area contributed by atoms with Gasteiger partial charge in [0.1, 0.15) is 6.20 Å². The van der Waals surface area contributed by atoms with Crippen LogP contribution in [0.2, 0.25) is 0 Å². The maximum Gasteiger partial charge on any atom is 0.343 e. The van der Waals surface area contributed by atoms with Crippen LogP contribution in [-0.2, 0) is 11.8 Å². The first-order valence-corrected chi connectivity index (χ1v) is 10.7. The van der Waals surface area contributed by atoms with E-state index in [9.17, 15) is 19.7 Å². The normalized spacial score (nSPS) is 25.7. The molecular formula is C20H30N6O4.